The van der Waals surface area contributed by atoms with Gasteiger partial charge in [0.05, 0.1) is 22.9 Å². The molecule has 3 aromatic carbocycles. The molecule has 0 atom stereocenters. The van der Waals surface area contributed by atoms with E-state index in [4.69, 9.17) is 4.98 Å². The first-order valence-electron chi connectivity index (χ1n) is 9.51. The molecule has 30 heavy (non-hydrogen) atoms. The average Bonchev–Trinajstić information content (AvgIpc) is 3.25. The molecule has 5 aromatic rings. The number of imidazole rings is 1. The number of hydrogen-bond donors (Lipinski definition) is 1. The fourth-order valence-corrected chi connectivity index (χ4v) is 3.50. The molecule has 5 rings (SSSR count). The van der Waals surface area contributed by atoms with Gasteiger partial charge < -0.3 is 14.9 Å². The molecule has 0 radical (unpaired) electrons. The second-order valence-electron chi connectivity index (χ2n) is 6.96. The lowest BCUT2D eigenvalue weighted by Crippen LogP contribution is -2.21. The van der Waals surface area contributed by atoms with E-state index in [-0.39, 0.29) is 5.56 Å². The van der Waals surface area contributed by atoms with Crippen LogP contribution in [-0.4, -0.2) is 20.9 Å². The number of nitrogens with one attached hydrogen (secondary N) is 1. The van der Waals surface area contributed by atoms with E-state index in [0.717, 1.165) is 39.0 Å². The van der Waals surface area contributed by atoms with Crippen LogP contribution in [0.5, 0.6) is 0 Å². The van der Waals surface area contributed by atoms with Crippen molar-refractivity contribution in [2.75, 3.05) is 0 Å². The summed E-state index contributed by atoms with van der Waals surface area (Å²) < 4.78 is 0. The Labute approximate surface area is 172 Å². The minimum absolute atomic E-state index is 0.132. The highest BCUT2D eigenvalue weighted by atomic mass is 16.4. The third-order valence-corrected chi connectivity index (χ3v) is 5.02. The first-order chi connectivity index (χ1) is 14.7. The lowest BCUT2D eigenvalue weighted by atomic mass is 10.0. The highest BCUT2D eigenvalue weighted by Gasteiger charge is 2.16. The molecule has 0 aliphatic heterocycles. The number of aromatic carboxylic acids is 1. The highest BCUT2D eigenvalue weighted by Crippen LogP contribution is 2.33. The van der Waals surface area contributed by atoms with Crippen molar-refractivity contribution in [3.63, 3.8) is 0 Å². The Kier molecular flexibility index (Phi) is 4.33. The van der Waals surface area contributed by atoms with Gasteiger partial charge in [0.2, 0.25) is 0 Å². The number of hydrogen-bond acceptors (Lipinski definition) is 4. The van der Waals surface area contributed by atoms with Gasteiger partial charge in [0.15, 0.2) is 0 Å². The van der Waals surface area contributed by atoms with Gasteiger partial charge in [-0.25, -0.2) is 4.98 Å². The number of H-pyrrole nitrogens is 1. The minimum atomic E-state index is -1.20. The molecule has 0 saturated carbocycles. The Morgan fingerprint density at radius 2 is 1.53 bits per heavy atom. The Morgan fingerprint density at radius 1 is 0.800 bits per heavy atom. The molecule has 0 unspecified atom stereocenters. The maximum absolute atomic E-state index is 11.0. The molecular weight excluding hydrogens is 374 g/mol. The molecule has 5 heteroatoms. The lowest BCUT2D eigenvalue weighted by Gasteiger charge is -2.04. The molecule has 0 bridgehead atoms. The number of para-hydroxylation sites is 1. The number of rotatable bonds is 4. The summed E-state index contributed by atoms with van der Waals surface area (Å²) in [5.74, 6) is -0.546. The van der Waals surface area contributed by atoms with Crippen LogP contribution in [0.15, 0.2) is 91.1 Å². The molecule has 0 spiro atoms. The second kappa shape index (κ2) is 7.29. The lowest BCUT2D eigenvalue weighted by molar-refractivity contribution is -0.255. The fourth-order valence-electron chi connectivity index (χ4n) is 3.50. The Balaban J connectivity index is 1.67. The fraction of sp³-hybridized carbons (Fsp3) is 0. The van der Waals surface area contributed by atoms with Gasteiger partial charge in [-0.1, -0.05) is 72.8 Å². The highest BCUT2D eigenvalue weighted by molar-refractivity contribution is 5.88. The molecule has 0 saturated heterocycles. The van der Waals surface area contributed by atoms with Gasteiger partial charge in [-0.2, -0.15) is 0 Å². The van der Waals surface area contributed by atoms with Gasteiger partial charge in [-0.3, -0.25) is 4.98 Å². The van der Waals surface area contributed by atoms with Gasteiger partial charge in [0.1, 0.15) is 5.82 Å². The quantitative estimate of drug-likeness (QED) is 0.495. The summed E-state index contributed by atoms with van der Waals surface area (Å²) in [7, 11) is 0. The number of fused-ring (bicyclic) bond motifs is 1. The summed E-state index contributed by atoms with van der Waals surface area (Å²) in [5, 5.41) is 12.1. The van der Waals surface area contributed by atoms with Crippen molar-refractivity contribution in [2.45, 2.75) is 0 Å². The van der Waals surface area contributed by atoms with Crippen molar-refractivity contribution in [3.8, 4) is 33.9 Å². The van der Waals surface area contributed by atoms with Crippen LogP contribution >= 0.6 is 0 Å². The molecule has 0 aliphatic carbocycles. The van der Waals surface area contributed by atoms with Crippen molar-refractivity contribution < 1.29 is 9.90 Å². The van der Waals surface area contributed by atoms with Gasteiger partial charge in [-0.15, -0.1) is 0 Å². The summed E-state index contributed by atoms with van der Waals surface area (Å²) in [6, 6.07) is 26.5. The molecule has 2 aromatic heterocycles. The molecular formula is C25H16N3O2-. The smallest absolute Gasteiger partial charge is 0.138 e. The number of aromatic nitrogens is 3. The number of pyridine rings is 1. The molecule has 0 amide bonds. The minimum Gasteiger partial charge on any atom is -0.545 e. The zero-order valence-corrected chi connectivity index (χ0v) is 15.9. The van der Waals surface area contributed by atoms with Gasteiger partial charge in [-0.05, 0) is 17.7 Å². The van der Waals surface area contributed by atoms with Crippen molar-refractivity contribution in [1.82, 2.24) is 15.0 Å². The zero-order valence-electron chi connectivity index (χ0n) is 15.9. The van der Waals surface area contributed by atoms with Crippen LogP contribution in [-0.2, 0) is 0 Å². The zero-order chi connectivity index (χ0) is 20.5. The first kappa shape index (κ1) is 17.8. The predicted octanol–water partition coefficient (Wildman–Crippen LogP) is 4.32. The average molecular weight is 390 g/mol. The number of carboxylic acids is 1. The summed E-state index contributed by atoms with van der Waals surface area (Å²) in [6.07, 6.45) is 1.83. The van der Waals surface area contributed by atoms with E-state index < -0.39 is 5.97 Å². The third kappa shape index (κ3) is 3.22. The first-order valence-corrected chi connectivity index (χ1v) is 9.51. The molecule has 2 heterocycles. The normalized spacial score (nSPS) is 10.9. The van der Waals surface area contributed by atoms with Crippen LogP contribution in [0.3, 0.4) is 0 Å². The van der Waals surface area contributed by atoms with Crippen LogP contribution in [0.1, 0.15) is 10.4 Å². The van der Waals surface area contributed by atoms with E-state index in [1.165, 1.54) is 12.1 Å². The Bertz CT molecular complexity index is 1360. The predicted molar refractivity (Wildman–Crippen MR) is 115 cm³/mol. The number of carboxylic acid groups (broad SMARTS) is 1. The van der Waals surface area contributed by atoms with Crippen LogP contribution in [0.25, 0.3) is 44.8 Å². The molecule has 144 valence electrons. The number of carbonyl (C=O) groups is 1. The van der Waals surface area contributed by atoms with Crippen molar-refractivity contribution in [3.05, 3.63) is 96.7 Å². The topological polar surface area (TPSA) is 81.7 Å². The van der Waals surface area contributed by atoms with Gasteiger partial charge in [0.25, 0.3) is 0 Å². The van der Waals surface area contributed by atoms with Crippen LogP contribution < -0.4 is 5.11 Å². The van der Waals surface area contributed by atoms with E-state index in [2.05, 4.69) is 16.0 Å². The van der Waals surface area contributed by atoms with Crippen molar-refractivity contribution in [1.29, 1.82) is 0 Å². The van der Waals surface area contributed by atoms with E-state index in [9.17, 15) is 9.90 Å². The molecule has 0 fully saturated rings. The molecule has 0 aliphatic rings. The largest absolute Gasteiger partial charge is 0.545 e. The van der Waals surface area contributed by atoms with Crippen LogP contribution in [0.4, 0.5) is 0 Å². The van der Waals surface area contributed by atoms with Crippen LogP contribution in [0, 0.1) is 0 Å². The van der Waals surface area contributed by atoms with E-state index in [1.807, 2.05) is 60.8 Å². The maximum atomic E-state index is 11.0. The van der Waals surface area contributed by atoms with Crippen molar-refractivity contribution in [2.24, 2.45) is 0 Å². The second-order valence-corrected chi connectivity index (χ2v) is 6.96. The van der Waals surface area contributed by atoms with Gasteiger partial charge >= 0.3 is 0 Å². The standard InChI is InChI=1S/C25H17N3O2/c29-25(30)18-12-10-17(11-13-18)24-27-22(16-6-2-1-3-7-16)23(28-24)20-14-19-8-4-5-9-21(19)26-15-20/h1-15H,(H,27,28)(H,29,30)/p-1. The monoisotopic (exact) mass is 390 g/mol. The summed E-state index contributed by atoms with van der Waals surface area (Å²) in [4.78, 5) is 23.9. The number of carbonyl (C=O) groups excluding carboxylic acids is 1. The number of aromatic amines is 1. The SMILES string of the molecule is O=C([O-])c1ccc(-c2nc(-c3cnc4ccccc4c3)c(-c3ccccc3)[nH]2)cc1. The Morgan fingerprint density at radius 3 is 2.30 bits per heavy atom. The van der Waals surface area contributed by atoms with E-state index in [0.29, 0.717) is 5.82 Å². The Hall–Kier alpha value is -4.25. The summed E-state index contributed by atoms with van der Waals surface area (Å²) in [6.45, 7) is 0. The van der Waals surface area contributed by atoms with Gasteiger partial charge in [0, 0.05) is 28.3 Å². The molecule has 1 N–H and O–H groups in total. The van der Waals surface area contributed by atoms with E-state index in [1.54, 1.807) is 12.1 Å². The van der Waals surface area contributed by atoms with Crippen molar-refractivity contribution >= 4 is 16.9 Å². The summed E-state index contributed by atoms with van der Waals surface area (Å²) >= 11 is 0. The number of nitrogens with zero attached hydrogens (tertiary/aromatic N) is 2. The molecule has 5 nitrogen and oxygen atoms in total. The summed E-state index contributed by atoms with van der Waals surface area (Å²) in [5.41, 5.74) is 5.43. The maximum Gasteiger partial charge on any atom is 0.138 e. The van der Waals surface area contributed by atoms with E-state index >= 15 is 0 Å². The third-order valence-electron chi connectivity index (χ3n) is 5.02. The number of benzene rings is 3. The van der Waals surface area contributed by atoms with Crippen LogP contribution in [0.2, 0.25) is 0 Å².